The number of amides is 3. The van der Waals surface area contributed by atoms with Gasteiger partial charge in [0.1, 0.15) is 17.5 Å². The Morgan fingerprint density at radius 1 is 1.18 bits per heavy atom. The molecule has 9 heteroatoms. The lowest BCUT2D eigenvalue weighted by atomic mass is 10.1. The van der Waals surface area contributed by atoms with Crippen LogP contribution in [0.2, 0.25) is 0 Å². The fourth-order valence-corrected chi connectivity index (χ4v) is 3.80. The molecule has 2 aromatic heterocycles. The van der Waals surface area contributed by atoms with Gasteiger partial charge < -0.3 is 20.0 Å². The zero-order valence-electron chi connectivity index (χ0n) is 18.7. The highest BCUT2D eigenvalue weighted by Crippen LogP contribution is 2.17. The summed E-state index contributed by atoms with van der Waals surface area (Å²) in [5.41, 5.74) is 2.69. The van der Waals surface area contributed by atoms with Crippen molar-refractivity contribution in [1.29, 1.82) is 0 Å². The molecule has 0 unspecified atom stereocenters. The first-order valence-electron chi connectivity index (χ1n) is 10.9. The minimum atomic E-state index is -0.775. The molecule has 1 aliphatic rings. The summed E-state index contributed by atoms with van der Waals surface area (Å²) in [5, 5.41) is 9.67. The number of nitrogens with one attached hydrogen (secondary N) is 2. The van der Waals surface area contributed by atoms with Crippen LogP contribution in [0.5, 0.6) is 0 Å². The molecule has 9 nitrogen and oxygen atoms in total. The second-order valence-corrected chi connectivity index (χ2v) is 8.20. The van der Waals surface area contributed by atoms with Gasteiger partial charge in [-0.25, -0.2) is 0 Å². The number of aromatic nitrogens is 2. The van der Waals surface area contributed by atoms with Crippen molar-refractivity contribution in [1.82, 2.24) is 25.3 Å². The fraction of sp³-hybridized carbons (Fsp3) is 0.333. The van der Waals surface area contributed by atoms with Gasteiger partial charge in [-0.1, -0.05) is 29.8 Å². The predicted molar refractivity (Wildman–Crippen MR) is 120 cm³/mol. The summed E-state index contributed by atoms with van der Waals surface area (Å²) in [6.07, 6.45) is 2.26. The third-order valence-electron chi connectivity index (χ3n) is 5.53. The molecule has 4 rings (SSSR count). The maximum Gasteiger partial charge on any atom is 0.272 e. The van der Waals surface area contributed by atoms with E-state index in [1.807, 2.05) is 25.1 Å². The van der Waals surface area contributed by atoms with Gasteiger partial charge in [0.25, 0.3) is 11.8 Å². The number of hydrogen-bond acceptors (Lipinski definition) is 5. The predicted octanol–water partition coefficient (Wildman–Crippen LogP) is 2.27. The molecule has 1 aliphatic heterocycles. The maximum absolute atomic E-state index is 13.2. The van der Waals surface area contributed by atoms with Crippen molar-refractivity contribution in [3.63, 3.8) is 0 Å². The lowest BCUT2D eigenvalue weighted by molar-refractivity contribution is -0.122. The van der Waals surface area contributed by atoms with Crippen molar-refractivity contribution < 1.29 is 18.8 Å². The normalized spacial score (nSPS) is 14.4. The molecule has 3 aromatic rings. The van der Waals surface area contributed by atoms with Crippen LogP contribution >= 0.6 is 0 Å². The van der Waals surface area contributed by atoms with Crippen LogP contribution in [0, 0.1) is 6.92 Å². The van der Waals surface area contributed by atoms with Crippen LogP contribution in [-0.4, -0.2) is 45.0 Å². The lowest BCUT2D eigenvalue weighted by Crippen LogP contribution is -2.44. The second kappa shape index (κ2) is 9.72. The first kappa shape index (κ1) is 22.3. The van der Waals surface area contributed by atoms with Crippen molar-refractivity contribution >= 4 is 17.7 Å². The Bertz CT molecular complexity index is 1150. The van der Waals surface area contributed by atoms with Gasteiger partial charge in [-0.05, 0) is 38.0 Å². The topological polar surface area (TPSA) is 109 Å². The molecule has 0 saturated carbocycles. The summed E-state index contributed by atoms with van der Waals surface area (Å²) < 4.78 is 6.76. The SMILES string of the molecule is Cc1cccc(CN2CCCn3nc(C(=O)N[C@H](C)C(=O)NCc4ccco4)cc3C2=O)c1. The molecule has 0 fully saturated rings. The second-order valence-electron chi connectivity index (χ2n) is 8.20. The molecule has 2 N–H and O–H groups in total. The molecule has 3 heterocycles. The Kier molecular flexibility index (Phi) is 6.58. The van der Waals surface area contributed by atoms with E-state index in [4.69, 9.17) is 4.42 Å². The highest BCUT2D eigenvalue weighted by Gasteiger charge is 2.27. The number of nitrogens with zero attached hydrogens (tertiary/aromatic N) is 3. The molecule has 0 bridgehead atoms. The molecule has 0 aliphatic carbocycles. The zero-order valence-corrected chi connectivity index (χ0v) is 18.7. The minimum absolute atomic E-state index is 0.112. The molecule has 3 amide bonds. The van der Waals surface area contributed by atoms with Gasteiger partial charge in [0.15, 0.2) is 5.69 Å². The van der Waals surface area contributed by atoms with Crippen LogP contribution in [0.15, 0.2) is 53.1 Å². The van der Waals surface area contributed by atoms with E-state index in [-0.39, 0.29) is 24.1 Å². The number of hydrogen-bond donors (Lipinski definition) is 2. The summed E-state index contributed by atoms with van der Waals surface area (Å²) in [6, 6.07) is 12.3. The molecule has 172 valence electrons. The molecule has 33 heavy (non-hydrogen) atoms. The number of aryl methyl sites for hydroxylation is 2. The molecule has 1 atom stereocenters. The number of benzene rings is 1. The standard InChI is InChI=1S/C24H27N5O4/c1-16-6-3-7-18(12-16)15-28-9-5-10-29-21(24(28)32)13-20(27-29)23(31)26-17(2)22(30)25-14-19-8-4-11-33-19/h3-4,6-8,11-13,17H,5,9-10,14-15H2,1-2H3,(H,25,30)(H,26,31)/t17-/m1/s1. The third kappa shape index (κ3) is 5.31. The van der Waals surface area contributed by atoms with E-state index in [9.17, 15) is 14.4 Å². The Balaban J connectivity index is 1.40. The third-order valence-corrected chi connectivity index (χ3v) is 5.53. The van der Waals surface area contributed by atoms with E-state index >= 15 is 0 Å². The van der Waals surface area contributed by atoms with E-state index in [1.54, 1.807) is 28.6 Å². The van der Waals surface area contributed by atoms with E-state index < -0.39 is 11.9 Å². The van der Waals surface area contributed by atoms with E-state index in [2.05, 4.69) is 21.8 Å². The van der Waals surface area contributed by atoms with Crippen LogP contribution in [0.3, 0.4) is 0 Å². The van der Waals surface area contributed by atoms with Crippen LogP contribution in [0.1, 0.15) is 51.2 Å². The monoisotopic (exact) mass is 449 g/mol. The molecule has 0 spiro atoms. The van der Waals surface area contributed by atoms with Crippen molar-refractivity contribution in [2.24, 2.45) is 0 Å². The molecule has 0 saturated heterocycles. The summed E-state index contributed by atoms with van der Waals surface area (Å²) in [4.78, 5) is 39.9. The molecular formula is C24H27N5O4. The van der Waals surface area contributed by atoms with Crippen molar-refractivity contribution in [2.75, 3.05) is 6.54 Å². The Labute approximate surface area is 191 Å². The minimum Gasteiger partial charge on any atom is -0.467 e. The highest BCUT2D eigenvalue weighted by molar-refractivity contribution is 5.99. The van der Waals surface area contributed by atoms with Gasteiger partial charge in [0, 0.05) is 25.7 Å². The van der Waals surface area contributed by atoms with Gasteiger partial charge in [0.2, 0.25) is 5.91 Å². The average Bonchev–Trinajstić information content (AvgIpc) is 3.44. The van der Waals surface area contributed by atoms with E-state index in [0.717, 1.165) is 17.5 Å². The Hall–Kier alpha value is -3.88. The van der Waals surface area contributed by atoms with Gasteiger partial charge >= 0.3 is 0 Å². The van der Waals surface area contributed by atoms with Crippen molar-refractivity contribution in [3.8, 4) is 0 Å². The van der Waals surface area contributed by atoms with Crippen molar-refractivity contribution in [3.05, 3.63) is 77.0 Å². The summed E-state index contributed by atoms with van der Waals surface area (Å²) in [7, 11) is 0. The van der Waals surface area contributed by atoms with Crippen LogP contribution in [0.25, 0.3) is 0 Å². The van der Waals surface area contributed by atoms with Crippen LogP contribution in [-0.2, 0) is 24.4 Å². The van der Waals surface area contributed by atoms with Gasteiger partial charge in [-0.2, -0.15) is 5.10 Å². The first-order valence-corrected chi connectivity index (χ1v) is 10.9. The summed E-state index contributed by atoms with van der Waals surface area (Å²) in [5.74, 6) is -0.395. The highest BCUT2D eigenvalue weighted by atomic mass is 16.3. The van der Waals surface area contributed by atoms with E-state index in [0.29, 0.717) is 31.1 Å². The summed E-state index contributed by atoms with van der Waals surface area (Å²) in [6.45, 7) is 5.50. The quantitative estimate of drug-likeness (QED) is 0.575. The number of carbonyl (C=O) groups is 3. The van der Waals surface area contributed by atoms with Gasteiger partial charge in [0.05, 0.1) is 12.8 Å². The first-order chi connectivity index (χ1) is 15.9. The Morgan fingerprint density at radius 3 is 2.79 bits per heavy atom. The number of furan rings is 1. The van der Waals surface area contributed by atoms with Gasteiger partial charge in [-0.3, -0.25) is 19.1 Å². The fourth-order valence-electron chi connectivity index (χ4n) is 3.80. The zero-order chi connectivity index (χ0) is 23.4. The van der Waals surface area contributed by atoms with E-state index in [1.165, 1.54) is 12.3 Å². The average molecular weight is 450 g/mol. The lowest BCUT2D eigenvalue weighted by Gasteiger charge is -2.20. The van der Waals surface area contributed by atoms with Gasteiger partial charge in [-0.15, -0.1) is 0 Å². The van der Waals surface area contributed by atoms with Crippen LogP contribution < -0.4 is 10.6 Å². The van der Waals surface area contributed by atoms with Crippen LogP contribution in [0.4, 0.5) is 0 Å². The number of fused-ring (bicyclic) bond motifs is 1. The molecular weight excluding hydrogens is 422 g/mol. The number of rotatable bonds is 7. The Morgan fingerprint density at radius 2 is 2.03 bits per heavy atom. The summed E-state index contributed by atoms with van der Waals surface area (Å²) >= 11 is 0. The number of carbonyl (C=O) groups excluding carboxylic acids is 3. The van der Waals surface area contributed by atoms with Crippen molar-refractivity contribution in [2.45, 2.75) is 45.9 Å². The smallest absolute Gasteiger partial charge is 0.272 e. The maximum atomic E-state index is 13.2. The molecule has 0 radical (unpaired) electrons. The largest absolute Gasteiger partial charge is 0.467 e. The molecule has 1 aromatic carbocycles.